The maximum atomic E-state index is 12.5. The summed E-state index contributed by atoms with van der Waals surface area (Å²) in [6.07, 6.45) is 6.03. The van der Waals surface area contributed by atoms with Crippen molar-refractivity contribution in [2.24, 2.45) is 0 Å². The fourth-order valence-corrected chi connectivity index (χ4v) is 12.2. The molecule has 0 bridgehead atoms. The Balaban J connectivity index is 0.000000264. The molecule has 0 spiro atoms. The Hall–Kier alpha value is -3.18. The SMILES string of the molecule is CCC(CC)(c1ccc(CCS(=O)C(C)(C)C)c(C)c1)c1ccc(OC[C@@H]2COC(C)(C)O2)c(C)c1.CCC(CC)(c1ccc(CCSC(C)(C)C)c(C)c1)c1ccc(OC[C@@H]2COC(C)(C)O2)c(C)c1. The summed E-state index contributed by atoms with van der Waals surface area (Å²) in [5.41, 5.74) is 13.1. The third-order valence-corrected chi connectivity index (χ3v) is 18.0. The molecule has 1 unspecified atom stereocenters. The van der Waals surface area contributed by atoms with Crippen LogP contribution in [0.3, 0.4) is 0 Å². The van der Waals surface area contributed by atoms with Gasteiger partial charge in [0.25, 0.3) is 0 Å². The molecule has 7 nitrogen and oxygen atoms in total. The lowest BCUT2D eigenvalue weighted by molar-refractivity contribution is -0.141. The molecule has 2 aliphatic heterocycles. The van der Waals surface area contributed by atoms with Gasteiger partial charge in [-0.2, -0.15) is 11.8 Å². The molecule has 0 amide bonds. The van der Waals surface area contributed by atoms with E-state index in [9.17, 15) is 4.21 Å². The first-order valence-corrected chi connectivity index (χ1v) is 28.8. The van der Waals surface area contributed by atoms with Crippen molar-refractivity contribution in [3.63, 3.8) is 0 Å². The Morgan fingerprint density at radius 3 is 1.24 bits per heavy atom. The molecule has 4 aromatic carbocycles. The maximum Gasteiger partial charge on any atom is 0.163 e. The largest absolute Gasteiger partial charge is 0.491 e. The van der Waals surface area contributed by atoms with Crippen LogP contribution in [0, 0.1) is 27.7 Å². The fraction of sp³-hybridized carbons (Fsp3) is 0.613. The number of benzene rings is 4. The molecule has 2 saturated heterocycles. The van der Waals surface area contributed by atoms with E-state index in [1.54, 1.807) is 0 Å². The van der Waals surface area contributed by atoms with Crippen LogP contribution in [0.5, 0.6) is 11.5 Å². The van der Waals surface area contributed by atoms with Gasteiger partial charge in [0.1, 0.15) is 36.9 Å². The van der Waals surface area contributed by atoms with Crippen molar-refractivity contribution in [3.8, 4) is 11.5 Å². The van der Waals surface area contributed by atoms with Gasteiger partial charge in [-0.15, -0.1) is 0 Å². The van der Waals surface area contributed by atoms with Crippen LogP contribution in [0.1, 0.15) is 178 Å². The summed E-state index contributed by atoms with van der Waals surface area (Å²) in [7, 11) is -0.840. The Morgan fingerprint density at radius 1 is 0.563 bits per heavy atom. The van der Waals surface area contributed by atoms with E-state index in [4.69, 9.17) is 28.4 Å². The zero-order valence-electron chi connectivity index (χ0n) is 47.2. The van der Waals surface area contributed by atoms with Gasteiger partial charge in [0, 0.05) is 36.9 Å². The molecule has 3 atom stereocenters. The Labute approximate surface area is 438 Å². The van der Waals surface area contributed by atoms with Crippen LogP contribution in [-0.4, -0.2) is 75.4 Å². The summed E-state index contributed by atoms with van der Waals surface area (Å²) < 4.78 is 48.1. The van der Waals surface area contributed by atoms with Crippen molar-refractivity contribution >= 4 is 22.6 Å². The second kappa shape index (κ2) is 24.4. The standard InChI is InChI=1S/C31H46O4S.C31H46O3S/c1-10-31(11-2,25-13-12-24(22(3)18-25)16-17-36(32)29(5,6)7)26-14-15-28(23(4)19-26)33-20-27-21-34-30(8,9)35-27;1-10-31(11-2,25-13-12-24(22(3)18-25)16-17-35-29(5,6)7)26-14-15-28(23(4)19-26)32-20-27-21-33-30(8,9)34-27/h12-15,18-19,27H,10-11,16-17,20-21H2,1-9H3;12-15,18-19,27H,10-11,16-17,20-21H2,1-9H3/t27-,36?;27-/m11/s1. The third-order valence-electron chi connectivity index (χ3n) is 14.8. The van der Waals surface area contributed by atoms with Crippen molar-refractivity contribution < 1.29 is 32.6 Å². The van der Waals surface area contributed by atoms with Crippen molar-refractivity contribution in [2.75, 3.05) is 37.9 Å². The quantitative estimate of drug-likeness (QED) is 0.0867. The Kier molecular flexibility index (Phi) is 20.2. The van der Waals surface area contributed by atoms with Gasteiger partial charge in [-0.05, 0) is 188 Å². The lowest BCUT2D eigenvalue weighted by atomic mass is 9.70. The van der Waals surface area contributed by atoms with E-state index < -0.39 is 22.4 Å². The molecule has 2 heterocycles. The molecule has 4 aromatic rings. The van der Waals surface area contributed by atoms with E-state index in [1.807, 2.05) is 60.2 Å². The van der Waals surface area contributed by atoms with Crippen LogP contribution in [0.4, 0.5) is 0 Å². The van der Waals surface area contributed by atoms with E-state index in [0.717, 1.165) is 61.3 Å². The van der Waals surface area contributed by atoms with Crippen LogP contribution in [-0.2, 0) is 53.4 Å². The van der Waals surface area contributed by atoms with Crippen LogP contribution < -0.4 is 9.47 Å². The van der Waals surface area contributed by atoms with Crippen LogP contribution in [0.2, 0.25) is 0 Å². The molecule has 9 heteroatoms. The van der Waals surface area contributed by atoms with E-state index in [1.165, 1.54) is 50.1 Å². The number of aryl methyl sites for hydroxylation is 6. The normalized spacial score (nSPS) is 18.5. The molecule has 394 valence electrons. The van der Waals surface area contributed by atoms with Gasteiger partial charge in [-0.3, -0.25) is 4.21 Å². The summed E-state index contributed by atoms with van der Waals surface area (Å²) in [4.78, 5) is 0. The molecular formula is C62H92O7S2. The predicted octanol–water partition coefficient (Wildman–Crippen LogP) is 15.0. The van der Waals surface area contributed by atoms with Gasteiger partial charge in [0.2, 0.25) is 0 Å². The highest BCUT2D eigenvalue weighted by Gasteiger charge is 2.36. The average Bonchev–Trinajstić information content (AvgIpc) is 3.85. The first-order chi connectivity index (χ1) is 33.2. The smallest absolute Gasteiger partial charge is 0.163 e. The fourth-order valence-electron chi connectivity index (χ4n) is 10.3. The highest BCUT2D eigenvalue weighted by atomic mass is 32.2. The molecule has 0 saturated carbocycles. The molecule has 71 heavy (non-hydrogen) atoms. The number of hydrogen-bond acceptors (Lipinski definition) is 8. The lowest BCUT2D eigenvalue weighted by Gasteiger charge is -2.34. The summed E-state index contributed by atoms with van der Waals surface area (Å²) in [5.74, 6) is 2.62. The van der Waals surface area contributed by atoms with Crippen LogP contribution >= 0.6 is 11.8 Å². The summed E-state index contributed by atoms with van der Waals surface area (Å²) in [6.45, 7) is 40.8. The zero-order chi connectivity index (χ0) is 52.6. The molecular weight excluding hydrogens is 921 g/mol. The van der Waals surface area contributed by atoms with Crippen molar-refractivity contribution in [3.05, 3.63) is 128 Å². The molecule has 0 aliphatic carbocycles. The minimum atomic E-state index is -0.840. The second-order valence-corrected chi connectivity index (χ2v) is 27.2. The first kappa shape index (κ1) is 58.7. The van der Waals surface area contributed by atoms with Gasteiger partial charge in [0.05, 0.1) is 13.2 Å². The summed E-state index contributed by atoms with van der Waals surface area (Å²) in [5, 5.41) is 0. The maximum absolute atomic E-state index is 12.5. The minimum Gasteiger partial charge on any atom is -0.491 e. The topological polar surface area (TPSA) is 72.5 Å². The van der Waals surface area contributed by atoms with Crippen LogP contribution in [0.25, 0.3) is 0 Å². The predicted molar refractivity (Wildman–Crippen MR) is 301 cm³/mol. The van der Waals surface area contributed by atoms with Crippen molar-refractivity contribution in [1.82, 2.24) is 0 Å². The molecule has 0 radical (unpaired) electrons. The molecule has 2 aliphatic rings. The first-order valence-electron chi connectivity index (χ1n) is 26.5. The number of ether oxygens (including phenoxy) is 6. The van der Waals surface area contributed by atoms with Gasteiger partial charge >= 0.3 is 0 Å². The van der Waals surface area contributed by atoms with Gasteiger partial charge in [-0.25, -0.2) is 0 Å². The molecule has 2 fully saturated rings. The molecule has 0 aromatic heterocycles. The second-order valence-electron chi connectivity index (χ2n) is 23.0. The van der Waals surface area contributed by atoms with Crippen molar-refractivity contribution in [2.45, 2.75) is 207 Å². The average molecular weight is 1010 g/mol. The number of rotatable bonds is 20. The van der Waals surface area contributed by atoms with Crippen molar-refractivity contribution in [1.29, 1.82) is 0 Å². The van der Waals surface area contributed by atoms with Crippen LogP contribution in [0.15, 0.2) is 72.8 Å². The zero-order valence-corrected chi connectivity index (χ0v) is 48.9. The van der Waals surface area contributed by atoms with E-state index in [-0.39, 0.29) is 27.8 Å². The third kappa shape index (κ3) is 15.4. The number of thioether (sulfide) groups is 1. The number of hydrogen-bond donors (Lipinski definition) is 0. The van der Waals surface area contributed by atoms with E-state index >= 15 is 0 Å². The highest BCUT2D eigenvalue weighted by molar-refractivity contribution is 8.00. The minimum absolute atomic E-state index is 0.000826. The van der Waals surface area contributed by atoms with Gasteiger partial charge < -0.3 is 28.4 Å². The Morgan fingerprint density at radius 2 is 0.930 bits per heavy atom. The van der Waals surface area contributed by atoms with Gasteiger partial charge in [-0.1, -0.05) is 109 Å². The summed E-state index contributed by atoms with van der Waals surface area (Å²) in [6, 6.07) is 27.4. The van der Waals surface area contributed by atoms with Gasteiger partial charge in [0.15, 0.2) is 11.6 Å². The molecule has 6 rings (SSSR count). The van der Waals surface area contributed by atoms with E-state index in [2.05, 4.69) is 149 Å². The Bertz CT molecular complexity index is 2380. The monoisotopic (exact) mass is 1010 g/mol. The lowest BCUT2D eigenvalue weighted by Crippen LogP contribution is -2.27. The summed E-state index contributed by atoms with van der Waals surface area (Å²) >= 11 is 2.04. The highest BCUT2D eigenvalue weighted by Crippen LogP contribution is 2.43. The van der Waals surface area contributed by atoms with E-state index in [0.29, 0.717) is 36.9 Å². The molecule has 0 N–H and O–H groups in total.